The van der Waals surface area contributed by atoms with Gasteiger partial charge in [-0.3, -0.25) is 0 Å². The van der Waals surface area contributed by atoms with Crippen molar-refractivity contribution in [2.45, 2.75) is 38.0 Å². The van der Waals surface area contributed by atoms with E-state index in [4.69, 9.17) is 4.74 Å². The molecule has 2 aliphatic heterocycles. The van der Waals surface area contributed by atoms with E-state index in [1.165, 1.54) is 21.0 Å². The number of halogens is 4. The summed E-state index contributed by atoms with van der Waals surface area (Å²) in [6, 6.07) is 3.62. The maximum Gasteiger partial charge on any atom is 0.422 e. The third kappa shape index (κ3) is 3.35. The van der Waals surface area contributed by atoms with Crippen molar-refractivity contribution in [1.29, 1.82) is 0 Å². The first kappa shape index (κ1) is 20.0. The predicted molar refractivity (Wildman–Crippen MR) is 110 cm³/mol. The number of pyridine rings is 1. The van der Waals surface area contributed by atoms with Crippen LogP contribution in [0, 0.1) is 24.6 Å². The van der Waals surface area contributed by atoms with E-state index < -0.39 is 18.6 Å². The Kier molecular flexibility index (Phi) is 4.33. The number of nitrogens with zero attached hydrogens (tertiary/aromatic N) is 6. The van der Waals surface area contributed by atoms with Crippen LogP contribution in [0.2, 0.25) is 0 Å². The Hall–Kier alpha value is -2.63. The van der Waals surface area contributed by atoms with Crippen LogP contribution in [-0.4, -0.2) is 56.9 Å². The Morgan fingerprint density at radius 3 is 2.81 bits per heavy atom. The molecule has 12 heteroatoms. The van der Waals surface area contributed by atoms with E-state index in [-0.39, 0.29) is 17.4 Å². The number of aryl methyl sites for hydroxylation is 1. The summed E-state index contributed by atoms with van der Waals surface area (Å²) < 4.78 is 62.1. The van der Waals surface area contributed by atoms with Crippen LogP contribution in [0.3, 0.4) is 0 Å². The molecular weight excluding hydrogens is 448 g/mol. The Morgan fingerprint density at radius 1 is 1.22 bits per heavy atom. The molecule has 32 heavy (non-hydrogen) atoms. The molecule has 3 aromatic heterocycles. The highest BCUT2D eigenvalue weighted by Crippen LogP contribution is 2.51. The topological polar surface area (TPSA) is 58.6 Å². The van der Waals surface area contributed by atoms with Crippen LogP contribution in [0.15, 0.2) is 18.3 Å². The molecule has 2 saturated heterocycles. The van der Waals surface area contributed by atoms with Crippen LogP contribution in [0.25, 0.3) is 5.65 Å². The van der Waals surface area contributed by atoms with Crippen molar-refractivity contribution in [3.8, 4) is 5.75 Å². The molecule has 0 N–H and O–H groups in total. The van der Waals surface area contributed by atoms with Gasteiger partial charge in [0.25, 0.3) is 0 Å². The lowest BCUT2D eigenvalue weighted by atomic mass is 9.82. The highest BCUT2D eigenvalue weighted by Gasteiger charge is 2.60. The molecule has 0 aromatic carbocycles. The first-order valence-electron chi connectivity index (χ1n) is 10.5. The average molecular weight is 468 g/mol. The fourth-order valence-electron chi connectivity index (χ4n) is 5.33. The summed E-state index contributed by atoms with van der Waals surface area (Å²) in [5, 5.41) is 5.56. The minimum Gasteiger partial charge on any atom is -0.480 e. The molecule has 7 nitrogen and oxygen atoms in total. The fraction of sp³-hybridized carbons (Fsp3) is 0.550. The number of anilines is 2. The van der Waals surface area contributed by atoms with Crippen molar-refractivity contribution in [2.24, 2.45) is 11.8 Å². The largest absolute Gasteiger partial charge is 0.480 e. The first-order chi connectivity index (χ1) is 15.3. The van der Waals surface area contributed by atoms with Crippen LogP contribution in [0.5, 0.6) is 5.75 Å². The Bertz CT molecular complexity index is 1180. The normalized spacial score (nSPS) is 27.0. The van der Waals surface area contributed by atoms with E-state index in [0.29, 0.717) is 23.8 Å². The molecular formula is C20H20F4N6OS. The summed E-state index contributed by atoms with van der Waals surface area (Å²) in [7, 11) is 0. The van der Waals surface area contributed by atoms with Crippen LogP contribution >= 0.6 is 11.5 Å². The quantitative estimate of drug-likeness (QED) is 0.430. The fourth-order valence-corrected chi connectivity index (χ4v) is 6.10. The molecule has 3 aromatic rings. The number of alkyl halides is 3. The number of fused-ring (bicyclic) bond motifs is 4. The standard InChI is InChI=1S/C20H20F4N6OS/c1-10-4-16(32-27-10)28-6-11-2-3-14-17(13(11)8-28)30(14)19-25-18-15(31-9-20(22,23)24)5-12(21)7-29(18)26-19/h4-5,7,11,13-14,17H,2-3,6,8-9H2,1H3/t11?,13-,14-,17+,30?/m1/s1. The van der Waals surface area contributed by atoms with Crippen molar-refractivity contribution >= 4 is 28.1 Å². The Balaban J connectivity index is 1.25. The van der Waals surface area contributed by atoms with Gasteiger partial charge in [-0.25, -0.2) is 8.91 Å². The molecule has 5 heterocycles. The second-order valence-electron chi connectivity index (χ2n) is 8.78. The lowest BCUT2D eigenvalue weighted by molar-refractivity contribution is -0.153. The van der Waals surface area contributed by atoms with Crippen LogP contribution in [-0.2, 0) is 0 Å². The molecule has 1 saturated carbocycles. The number of rotatable bonds is 4. The van der Waals surface area contributed by atoms with Gasteiger partial charge in [0.05, 0.1) is 24.0 Å². The Morgan fingerprint density at radius 2 is 2.06 bits per heavy atom. The highest BCUT2D eigenvalue weighted by atomic mass is 32.1. The lowest BCUT2D eigenvalue weighted by Crippen LogP contribution is -2.25. The lowest BCUT2D eigenvalue weighted by Gasteiger charge is -2.20. The van der Waals surface area contributed by atoms with Crippen LogP contribution < -0.4 is 14.5 Å². The zero-order valence-electron chi connectivity index (χ0n) is 17.1. The number of hydrogen-bond donors (Lipinski definition) is 0. The molecule has 3 aliphatic rings. The summed E-state index contributed by atoms with van der Waals surface area (Å²) >= 11 is 1.52. The molecule has 4 atom stereocenters. The van der Waals surface area contributed by atoms with Crippen LogP contribution in [0.4, 0.5) is 28.5 Å². The third-order valence-corrected chi connectivity index (χ3v) is 7.59. The van der Waals surface area contributed by atoms with Gasteiger partial charge in [0.1, 0.15) is 10.8 Å². The maximum absolute atomic E-state index is 13.9. The van der Waals surface area contributed by atoms with Gasteiger partial charge in [-0.15, -0.1) is 5.10 Å². The molecule has 1 unspecified atom stereocenters. The van der Waals surface area contributed by atoms with E-state index in [0.717, 1.165) is 43.9 Å². The van der Waals surface area contributed by atoms with Crippen molar-refractivity contribution in [3.63, 3.8) is 0 Å². The molecule has 170 valence electrons. The second kappa shape index (κ2) is 6.93. The zero-order valence-corrected chi connectivity index (χ0v) is 17.9. The minimum atomic E-state index is -4.53. The van der Waals surface area contributed by atoms with Gasteiger partial charge in [-0.05, 0) is 43.3 Å². The Labute approximate surface area is 184 Å². The van der Waals surface area contributed by atoms with Gasteiger partial charge >= 0.3 is 6.18 Å². The zero-order chi connectivity index (χ0) is 22.2. The summed E-state index contributed by atoms with van der Waals surface area (Å²) in [4.78, 5) is 8.96. The number of aromatic nitrogens is 4. The van der Waals surface area contributed by atoms with Gasteiger partial charge < -0.3 is 14.5 Å². The molecule has 0 radical (unpaired) electrons. The van der Waals surface area contributed by atoms with E-state index in [2.05, 4.69) is 30.3 Å². The van der Waals surface area contributed by atoms with Crippen LogP contribution in [0.1, 0.15) is 18.5 Å². The molecule has 1 aliphatic carbocycles. The summed E-state index contributed by atoms with van der Waals surface area (Å²) in [5.41, 5.74) is 1.11. The molecule has 0 spiro atoms. The van der Waals surface area contributed by atoms with Gasteiger partial charge in [0.15, 0.2) is 18.0 Å². The van der Waals surface area contributed by atoms with Crippen molar-refractivity contribution in [1.82, 2.24) is 19.0 Å². The van der Waals surface area contributed by atoms with E-state index in [1.807, 2.05) is 6.92 Å². The highest BCUT2D eigenvalue weighted by molar-refractivity contribution is 7.10. The molecule has 0 bridgehead atoms. The summed E-state index contributed by atoms with van der Waals surface area (Å²) in [6.07, 6.45) is -1.30. The molecule has 6 rings (SSSR count). The predicted octanol–water partition coefficient (Wildman–Crippen LogP) is 3.68. The van der Waals surface area contributed by atoms with Crippen molar-refractivity contribution in [2.75, 3.05) is 29.5 Å². The molecule has 3 fully saturated rings. The van der Waals surface area contributed by atoms with Crippen molar-refractivity contribution < 1.29 is 22.3 Å². The smallest absolute Gasteiger partial charge is 0.422 e. The number of hydrogen-bond acceptors (Lipinski definition) is 7. The monoisotopic (exact) mass is 468 g/mol. The van der Waals surface area contributed by atoms with Gasteiger partial charge in [0.2, 0.25) is 5.95 Å². The SMILES string of the molecule is Cc1cc(N2CC3CC[C@@H]4[C@H]([C@@H]3C2)N4c2nc3c(OCC(F)(F)F)cc(F)cn3n2)sn1. The average Bonchev–Trinajstić information content (AvgIpc) is 3.08. The summed E-state index contributed by atoms with van der Waals surface area (Å²) in [5.74, 6) is 0.441. The summed E-state index contributed by atoms with van der Waals surface area (Å²) in [6.45, 7) is 2.42. The van der Waals surface area contributed by atoms with Gasteiger partial charge in [0, 0.05) is 25.1 Å². The van der Waals surface area contributed by atoms with E-state index in [1.54, 1.807) is 0 Å². The van der Waals surface area contributed by atoms with E-state index >= 15 is 0 Å². The first-order valence-corrected chi connectivity index (χ1v) is 11.3. The van der Waals surface area contributed by atoms with E-state index in [9.17, 15) is 17.6 Å². The number of ether oxygens (including phenoxy) is 1. The van der Waals surface area contributed by atoms with Gasteiger partial charge in [-0.1, -0.05) is 0 Å². The minimum absolute atomic E-state index is 0.0824. The third-order valence-electron chi connectivity index (χ3n) is 6.65. The maximum atomic E-state index is 13.9. The second-order valence-corrected chi connectivity index (χ2v) is 9.57. The van der Waals surface area contributed by atoms with Gasteiger partial charge in [-0.2, -0.15) is 22.5 Å². The van der Waals surface area contributed by atoms with Crippen molar-refractivity contribution in [3.05, 3.63) is 29.8 Å². The molecule has 0 amide bonds.